The minimum Gasteiger partial charge on any atom is -0.384 e. The maximum atomic E-state index is 5.95. The average molecular weight is 305 g/mol. The van der Waals surface area contributed by atoms with Gasteiger partial charge in [0.2, 0.25) is 0 Å². The van der Waals surface area contributed by atoms with E-state index in [0.29, 0.717) is 12.4 Å². The first-order valence-electron chi connectivity index (χ1n) is 7.22. The highest BCUT2D eigenvalue weighted by molar-refractivity contribution is 5.95. The smallest absolute Gasteiger partial charge is 0.126 e. The first-order chi connectivity index (χ1) is 11.3. The number of anilines is 2. The Labute approximate surface area is 131 Å². The Kier molecular flexibility index (Phi) is 3.16. The molecule has 0 aliphatic carbocycles. The van der Waals surface area contributed by atoms with Crippen molar-refractivity contribution in [3.8, 4) is 11.3 Å². The Morgan fingerprint density at radius 1 is 1.13 bits per heavy atom. The molecule has 0 aliphatic rings. The molecule has 0 fully saturated rings. The van der Waals surface area contributed by atoms with Gasteiger partial charge < -0.3 is 11.1 Å². The van der Waals surface area contributed by atoms with Gasteiger partial charge in [-0.2, -0.15) is 10.2 Å². The molecule has 3 aromatic heterocycles. The fraction of sp³-hybridized carbons (Fsp3) is 0.0625. The topological polar surface area (TPSA) is 108 Å². The van der Waals surface area contributed by atoms with E-state index in [0.717, 1.165) is 33.5 Å². The van der Waals surface area contributed by atoms with Gasteiger partial charge >= 0.3 is 0 Å². The third kappa shape index (κ3) is 2.59. The van der Waals surface area contributed by atoms with Crippen LogP contribution >= 0.6 is 0 Å². The lowest BCUT2D eigenvalue weighted by molar-refractivity contribution is 0.982. The minimum atomic E-state index is 0.476. The van der Waals surface area contributed by atoms with Gasteiger partial charge in [-0.15, -0.1) is 0 Å². The second kappa shape index (κ2) is 5.45. The normalized spacial score (nSPS) is 11.0. The maximum Gasteiger partial charge on any atom is 0.126 e. The van der Waals surface area contributed by atoms with E-state index >= 15 is 0 Å². The van der Waals surface area contributed by atoms with Gasteiger partial charge in [-0.1, -0.05) is 12.1 Å². The summed E-state index contributed by atoms with van der Waals surface area (Å²) in [6.45, 7) is 0.615. The summed E-state index contributed by atoms with van der Waals surface area (Å²) < 4.78 is 0. The van der Waals surface area contributed by atoms with Crippen LogP contribution in [0.15, 0.2) is 48.8 Å². The average Bonchev–Trinajstić information content (AvgIpc) is 3.25. The number of hydrogen-bond donors (Lipinski definition) is 4. The molecule has 23 heavy (non-hydrogen) atoms. The Hall–Kier alpha value is -3.35. The van der Waals surface area contributed by atoms with Crippen LogP contribution in [-0.2, 0) is 6.54 Å². The predicted octanol–water partition coefficient (Wildman–Crippen LogP) is 2.54. The molecule has 0 amide bonds. The highest BCUT2D eigenvalue weighted by Gasteiger charge is 2.07. The van der Waals surface area contributed by atoms with Gasteiger partial charge in [-0.3, -0.25) is 10.2 Å². The van der Waals surface area contributed by atoms with Gasteiger partial charge in [0.25, 0.3) is 0 Å². The van der Waals surface area contributed by atoms with E-state index in [1.54, 1.807) is 12.4 Å². The van der Waals surface area contributed by atoms with Crippen LogP contribution in [0.4, 0.5) is 11.5 Å². The number of benzene rings is 1. The fourth-order valence-corrected chi connectivity index (χ4v) is 2.55. The van der Waals surface area contributed by atoms with Crippen LogP contribution in [0.2, 0.25) is 0 Å². The number of pyridine rings is 1. The van der Waals surface area contributed by atoms with Crippen LogP contribution in [0.25, 0.3) is 22.2 Å². The van der Waals surface area contributed by atoms with Crippen molar-refractivity contribution in [3.63, 3.8) is 0 Å². The van der Waals surface area contributed by atoms with Gasteiger partial charge in [0, 0.05) is 35.1 Å². The van der Waals surface area contributed by atoms with E-state index in [9.17, 15) is 0 Å². The second-order valence-corrected chi connectivity index (χ2v) is 5.22. The molecule has 114 valence electrons. The van der Waals surface area contributed by atoms with Crippen LogP contribution in [0.5, 0.6) is 0 Å². The van der Waals surface area contributed by atoms with Crippen LogP contribution in [-0.4, -0.2) is 25.4 Å². The number of rotatable bonds is 4. The van der Waals surface area contributed by atoms with E-state index in [1.165, 1.54) is 0 Å². The first kappa shape index (κ1) is 13.3. The van der Waals surface area contributed by atoms with Crippen LogP contribution < -0.4 is 11.1 Å². The van der Waals surface area contributed by atoms with Crippen molar-refractivity contribution in [2.24, 2.45) is 0 Å². The van der Waals surface area contributed by atoms with Crippen molar-refractivity contribution in [1.82, 2.24) is 25.4 Å². The van der Waals surface area contributed by atoms with E-state index in [2.05, 4.69) is 30.7 Å². The number of H-pyrrole nitrogens is 2. The highest BCUT2D eigenvalue weighted by Crippen LogP contribution is 2.28. The summed E-state index contributed by atoms with van der Waals surface area (Å²) in [4.78, 5) is 4.43. The molecular weight excluding hydrogens is 290 g/mol. The molecule has 0 saturated carbocycles. The van der Waals surface area contributed by atoms with Crippen LogP contribution in [0.1, 0.15) is 5.69 Å². The van der Waals surface area contributed by atoms with Gasteiger partial charge in [0.1, 0.15) is 5.82 Å². The van der Waals surface area contributed by atoms with Crippen molar-refractivity contribution in [2.75, 3.05) is 11.1 Å². The number of nitrogen functional groups attached to an aromatic ring is 1. The number of hydrogen-bond acceptors (Lipinski definition) is 5. The third-order valence-corrected chi connectivity index (χ3v) is 3.66. The molecule has 4 rings (SSSR count). The molecule has 0 saturated heterocycles. The fourth-order valence-electron chi connectivity index (χ4n) is 2.55. The monoisotopic (exact) mass is 305 g/mol. The lowest BCUT2D eigenvalue weighted by Gasteiger charge is -2.10. The molecule has 0 atom stereocenters. The van der Waals surface area contributed by atoms with Crippen LogP contribution in [0.3, 0.4) is 0 Å². The quantitative estimate of drug-likeness (QED) is 0.463. The zero-order valence-corrected chi connectivity index (χ0v) is 12.2. The lowest BCUT2D eigenvalue weighted by Crippen LogP contribution is -2.02. The Morgan fingerprint density at radius 2 is 2.09 bits per heavy atom. The molecule has 0 aliphatic heterocycles. The SMILES string of the molecule is Nc1cc(NCc2cc[nH]n2)c2ccc(-c3ccn[nH]3)cc2n1. The summed E-state index contributed by atoms with van der Waals surface area (Å²) in [5.41, 5.74) is 10.6. The van der Waals surface area contributed by atoms with Crippen molar-refractivity contribution < 1.29 is 0 Å². The molecular formula is C16H15N7. The zero-order valence-electron chi connectivity index (χ0n) is 12.2. The van der Waals surface area contributed by atoms with Gasteiger partial charge in [0.15, 0.2) is 0 Å². The number of nitrogens with two attached hydrogens (primary N) is 1. The lowest BCUT2D eigenvalue weighted by atomic mass is 10.1. The van der Waals surface area contributed by atoms with E-state index in [-0.39, 0.29) is 0 Å². The number of aromatic amines is 2. The van der Waals surface area contributed by atoms with Gasteiger partial charge in [-0.05, 0) is 18.2 Å². The molecule has 0 unspecified atom stereocenters. The van der Waals surface area contributed by atoms with Crippen LogP contribution in [0, 0.1) is 0 Å². The summed E-state index contributed by atoms with van der Waals surface area (Å²) in [5, 5.41) is 18.2. The summed E-state index contributed by atoms with van der Waals surface area (Å²) in [5.74, 6) is 0.476. The summed E-state index contributed by atoms with van der Waals surface area (Å²) >= 11 is 0. The molecule has 7 heteroatoms. The van der Waals surface area contributed by atoms with Crippen molar-refractivity contribution >= 4 is 22.4 Å². The molecule has 0 spiro atoms. The van der Waals surface area contributed by atoms with Crippen molar-refractivity contribution in [3.05, 3.63) is 54.5 Å². The molecule has 1 aromatic carbocycles. The first-order valence-corrected chi connectivity index (χ1v) is 7.22. The third-order valence-electron chi connectivity index (χ3n) is 3.66. The standard InChI is InChI=1S/C16H15N7/c17-16-8-14(18-9-11-3-5-19-22-11)12-2-1-10(7-15(12)21-16)13-4-6-20-23-13/h1-8H,9H2,(H,19,22)(H,20,23)(H3,17,18,21). The van der Waals surface area contributed by atoms with Gasteiger partial charge in [-0.25, -0.2) is 4.98 Å². The number of aromatic nitrogens is 5. The molecule has 4 aromatic rings. The van der Waals surface area contributed by atoms with Crippen molar-refractivity contribution in [1.29, 1.82) is 0 Å². The van der Waals surface area contributed by atoms with Gasteiger partial charge in [0.05, 0.1) is 23.4 Å². The predicted molar refractivity (Wildman–Crippen MR) is 89.7 cm³/mol. The molecule has 7 nitrogen and oxygen atoms in total. The molecule has 3 heterocycles. The zero-order chi connectivity index (χ0) is 15.6. The summed E-state index contributed by atoms with van der Waals surface area (Å²) in [6.07, 6.45) is 3.52. The summed E-state index contributed by atoms with van der Waals surface area (Å²) in [6, 6.07) is 11.8. The Balaban J connectivity index is 1.73. The number of fused-ring (bicyclic) bond motifs is 1. The molecule has 5 N–H and O–H groups in total. The Morgan fingerprint density at radius 3 is 2.87 bits per heavy atom. The highest BCUT2D eigenvalue weighted by atomic mass is 15.1. The van der Waals surface area contributed by atoms with E-state index in [4.69, 9.17) is 5.73 Å². The minimum absolute atomic E-state index is 0.476. The van der Waals surface area contributed by atoms with Crippen molar-refractivity contribution in [2.45, 2.75) is 6.54 Å². The van der Waals surface area contributed by atoms with E-state index < -0.39 is 0 Å². The largest absolute Gasteiger partial charge is 0.384 e. The number of nitrogens with zero attached hydrogens (tertiary/aromatic N) is 3. The molecule has 0 bridgehead atoms. The van der Waals surface area contributed by atoms with E-state index in [1.807, 2.05) is 36.4 Å². The number of nitrogens with one attached hydrogen (secondary N) is 3. The second-order valence-electron chi connectivity index (χ2n) is 5.22. The molecule has 0 radical (unpaired) electrons. The maximum absolute atomic E-state index is 5.95. The summed E-state index contributed by atoms with van der Waals surface area (Å²) in [7, 11) is 0. The Bertz CT molecular complexity index is 927.